The van der Waals surface area contributed by atoms with E-state index in [0.29, 0.717) is 31.5 Å². The zero-order valence-corrected chi connectivity index (χ0v) is 12.2. The Labute approximate surface area is 127 Å². The quantitative estimate of drug-likeness (QED) is 0.696. The Morgan fingerprint density at radius 3 is 2.86 bits per heavy atom. The van der Waals surface area contributed by atoms with E-state index in [2.05, 4.69) is 31.7 Å². The third kappa shape index (κ3) is 3.24. The van der Waals surface area contributed by atoms with Gasteiger partial charge in [-0.05, 0) is 12.8 Å². The number of carbonyl (C=O) groups excluding carboxylic acids is 1. The van der Waals surface area contributed by atoms with E-state index in [-0.39, 0.29) is 24.2 Å². The molecule has 22 heavy (non-hydrogen) atoms. The first-order chi connectivity index (χ1) is 10.6. The van der Waals surface area contributed by atoms with Gasteiger partial charge in [-0.15, -0.1) is 12.3 Å². The second-order valence-electron chi connectivity index (χ2n) is 5.71. The van der Waals surface area contributed by atoms with E-state index in [1.54, 1.807) is 4.57 Å². The molecular weight excluding hydrogens is 284 g/mol. The molecule has 0 aromatic carbocycles. The third-order valence-electron chi connectivity index (χ3n) is 3.94. The fourth-order valence-electron chi connectivity index (χ4n) is 2.42. The largest absolute Gasteiger partial charge is 0.349 e. The van der Waals surface area contributed by atoms with Crippen LogP contribution < -0.4 is 11.0 Å². The molecule has 1 fully saturated rings. The lowest BCUT2D eigenvalue weighted by atomic mass is 10.0. The Kier molecular flexibility index (Phi) is 3.79. The van der Waals surface area contributed by atoms with Crippen LogP contribution >= 0.6 is 0 Å². The maximum absolute atomic E-state index is 11.9. The van der Waals surface area contributed by atoms with Crippen LogP contribution in [0.1, 0.15) is 50.4 Å². The molecule has 8 heteroatoms. The molecule has 1 aromatic rings. The van der Waals surface area contributed by atoms with Crippen molar-refractivity contribution in [2.24, 2.45) is 10.2 Å². The van der Waals surface area contributed by atoms with Crippen LogP contribution in [0.5, 0.6) is 0 Å². The molecule has 1 aromatic heterocycles. The van der Waals surface area contributed by atoms with Crippen LogP contribution in [0, 0.1) is 12.3 Å². The number of aromatic amines is 1. The Hall–Kier alpha value is -2.43. The van der Waals surface area contributed by atoms with Gasteiger partial charge in [0.15, 0.2) is 11.5 Å². The van der Waals surface area contributed by atoms with Crippen molar-refractivity contribution in [2.75, 3.05) is 0 Å². The topological polar surface area (TPSA) is 104 Å². The summed E-state index contributed by atoms with van der Waals surface area (Å²) in [5.74, 6) is 3.03. The predicted molar refractivity (Wildman–Crippen MR) is 77.9 cm³/mol. The highest BCUT2D eigenvalue weighted by molar-refractivity contribution is 5.75. The first-order valence-corrected chi connectivity index (χ1v) is 7.43. The fraction of sp³-hybridized carbons (Fsp3) is 0.643. The Morgan fingerprint density at radius 2 is 2.23 bits per heavy atom. The average Bonchev–Trinajstić information content (AvgIpc) is 3.43. The molecular formula is C14H18N6O2. The molecule has 3 rings (SSSR count). The predicted octanol–water partition coefficient (Wildman–Crippen LogP) is 0.878. The van der Waals surface area contributed by atoms with Gasteiger partial charge in [-0.1, -0.05) is 0 Å². The molecule has 0 unspecified atom stereocenters. The Balaban J connectivity index is 1.45. The van der Waals surface area contributed by atoms with Crippen molar-refractivity contribution in [1.82, 2.24) is 20.1 Å². The summed E-state index contributed by atoms with van der Waals surface area (Å²) in [6, 6.07) is 0.231. The van der Waals surface area contributed by atoms with Gasteiger partial charge in [0.2, 0.25) is 5.91 Å². The van der Waals surface area contributed by atoms with Crippen molar-refractivity contribution in [1.29, 1.82) is 0 Å². The molecule has 0 radical (unpaired) electrons. The van der Waals surface area contributed by atoms with E-state index >= 15 is 0 Å². The summed E-state index contributed by atoms with van der Waals surface area (Å²) in [7, 11) is 0. The van der Waals surface area contributed by atoms with E-state index in [4.69, 9.17) is 6.42 Å². The van der Waals surface area contributed by atoms with Crippen molar-refractivity contribution in [3.63, 3.8) is 0 Å². The van der Waals surface area contributed by atoms with Gasteiger partial charge in [-0.25, -0.2) is 9.89 Å². The number of H-pyrrole nitrogens is 1. The van der Waals surface area contributed by atoms with Crippen molar-refractivity contribution < 1.29 is 4.79 Å². The number of rotatable bonds is 8. The molecule has 0 saturated heterocycles. The van der Waals surface area contributed by atoms with Crippen molar-refractivity contribution in [3.8, 4) is 12.3 Å². The van der Waals surface area contributed by atoms with Gasteiger partial charge < -0.3 is 5.32 Å². The average molecular weight is 302 g/mol. The highest BCUT2D eigenvalue weighted by atomic mass is 16.2. The van der Waals surface area contributed by atoms with E-state index in [1.165, 1.54) is 0 Å². The van der Waals surface area contributed by atoms with Crippen LogP contribution in [-0.4, -0.2) is 26.3 Å². The number of nitrogens with zero attached hydrogens (tertiary/aromatic N) is 4. The highest BCUT2D eigenvalue weighted by Crippen LogP contribution is 2.37. The van der Waals surface area contributed by atoms with E-state index in [1.807, 2.05) is 0 Å². The van der Waals surface area contributed by atoms with Gasteiger partial charge in [0.1, 0.15) is 0 Å². The Bertz CT molecular complexity index is 685. The molecule has 1 aliphatic heterocycles. The summed E-state index contributed by atoms with van der Waals surface area (Å²) < 4.78 is 1.63. The summed E-state index contributed by atoms with van der Waals surface area (Å²) in [6.45, 7) is 0.250. The minimum Gasteiger partial charge on any atom is -0.349 e. The number of carbonyl (C=O) groups is 1. The minimum absolute atomic E-state index is 0.102. The number of aromatic nitrogens is 3. The maximum atomic E-state index is 11.9. The normalized spacial score (nSPS) is 18.0. The lowest BCUT2D eigenvalue weighted by molar-refractivity contribution is -0.121. The fourth-order valence-corrected chi connectivity index (χ4v) is 2.42. The SMILES string of the molecule is C#CCCC1(CCC(=O)NCc2n[nH]c(=O)n2C2CC2)N=N1. The number of hydrogen-bond donors (Lipinski definition) is 2. The molecule has 0 atom stereocenters. The van der Waals surface area contributed by atoms with Crippen LogP contribution in [0.25, 0.3) is 0 Å². The first kappa shape index (κ1) is 14.5. The lowest BCUT2D eigenvalue weighted by Crippen LogP contribution is -2.27. The standard InChI is InChI=1S/C14H18N6O2/c1-2-3-7-14(18-19-14)8-6-12(21)15-9-11-16-17-13(22)20(11)10-4-5-10/h1,10H,3-9H2,(H,15,21)(H,17,22). The van der Waals surface area contributed by atoms with Gasteiger partial charge in [0.25, 0.3) is 0 Å². The summed E-state index contributed by atoms with van der Waals surface area (Å²) in [6.07, 6.45) is 9.39. The summed E-state index contributed by atoms with van der Waals surface area (Å²) >= 11 is 0. The second kappa shape index (κ2) is 5.75. The first-order valence-electron chi connectivity index (χ1n) is 7.43. The summed E-state index contributed by atoms with van der Waals surface area (Å²) in [4.78, 5) is 23.5. The molecule has 1 aliphatic carbocycles. The zero-order valence-electron chi connectivity index (χ0n) is 12.2. The number of amides is 1. The van der Waals surface area contributed by atoms with Crippen LogP contribution in [-0.2, 0) is 11.3 Å². The molecule has 1 saturated carbocycles. The van der Waals surface area contributed by atoms with Gasteiger partial charge in [0.05, 0.1) is 6.54 Å². The van der Waals surface area contributed by atoms with Crippen molar-refractivity contribution >= 4 is 5.91 Å². The van der Waals surface area contributed by atoms with Gasteiger partial charge in [-0.2, -0.15) is 15.3 Å². The summed E-state index contributed by atoms with van der Waals surface area (Å²) in [5, 5.41) is 17.2. The third-order valence-corrected chi connectivity index (χ3v) is 3.94. The van der Waals surface area contributed by atoms with Crippen LogP contribution in [0.2, 0.25) is 0 Å². The molecule has 1 amide bonds. The molecule has 0 spiro atoms. The molecule has 8 nitrogen and oxygen atoms in total. The van der Waals surface area contributed by atoms with E-state index in [0.717, 1.165) is 12.8 Å². The van der Waals surface area contributed by atoms with Crippen molar-refractivity contribution in [3.05, 3.63) is 16.3 Å². The van der Waals surface area contributed by atoms with Crippen LogP contribution in [0.15, 0.2) is 15.0 Å². The molecule has 116 valence electrons. The maximum Gasteiger partial charge on any atom is 0.343 e. The zero-order chi connectivity index (χ0) is 15.6. The molecule has 2 aliphatic rings. The molecule has 0 bridgehead atoms. The number of nitrogens with one attached hydrogen (secondary N) is 2. The lowest BCUT2D eigenvalue weighted by Gasteiger charge is -2.09. The highest BCUT2D eigenvalue weighted by Gasteiger charge is 2.39. The number of hydrogen-bond acceptors (Lipinski definition) is 5. The smallest absolute Gasteiger partial charge is 0.343 e. The van der Waals surface area contributed by atoms with Crippen LogP contribution in [0.3, 0.4) is 0 Å². The molecule has 2 heterocycles. The minimum atomic E-state index is -0.438. The second-order valence-corrected chi connectivity index (χ2v) is 5.71. The van der Waals surface area contributed by atoms with E-state index < -0.39 is 5.66 Å². The van der Waals surface area contributed by atoms with Gasteiger partial charge in [-0.3, -0.25) is 9.36 Å². The van der Waals surface area contributed by atoms with Crippen LogP contribution in [0.4, 0.5) is 0 Å². The van der Waals surface area contributed by atoms with Gasteiger partial charge >= 0.3 is 5.69 Å². The van der Waals surface area contributed by atoms with Gasteiger partial charge in [0, 0.05) is 31.7 Å². The number of terminal acetylenes is 1. The Morgan fingerprint density at radius 1 is 1.45 bits per heavy atom. The molecule has 2 N–H and O–H groups in total. The van der Waals surface area contributed by atoms with Crippen molar-refractivity contribution in [2.45, 2.75) is 56.8 Å². The van der Waals surface area contributed by atoms with E-state index in [9.17, 15) is 9.59 Å². The monoisotopic (exact) mass is 302 g/mol. The summed E-state index contributed by atoms with van der Waals surface area (Å²) in [5.41, 5.74) is -0.651.